The highest BCUT2D eigenvalue weighted by atomic mass is 35.5. The summed E-state index contributed by atoms with van der Waals surface area (Å²) in [6.45, 7) is 1.85. The van der Waals surface area contributed by atoms with Crippen LogP contribution in [0.2, 0.25) is 5.02 Å². The van der Waals surface area contributed by atoms with Gasteiger partial charge in [-0.3, -0.25) is 4.79 Å². The number of hydrogen-bond donors (Lipinski definition) is 1. The highest BCUT2D eigenvalue weighted by Gasteiger charge is 2.14. The minimum Gasteiger partial charge on any atom is -0.465 e. The third-order valence-corrected chi connectivity index (χ3v) is 5.47. The standard InChI is InChI=1S/C20H19ClN4O3S/c1-12-4-5-14(19(27)28-3)10-16(12)22-17(26)11-29-20-24-23-18(25(20)2)13-6-8-15(21)9-7-13/h4-10H,11H2,1-3H3,(H,22,26). The summed E-state index contributed by atoms with van der Waals surface area (Å²) in [4.78, 5) is 24.1. The Labute approximate surface area is 177 Å². The molecule has 0 unspecified atom stereocenters. The van der Waals surface area contributed by atoms with Gasteiger partial charge in [-0.05, 0) is 48.9 Å². The van der Waals surface area contributed by atoms with Crippen LogP contribution in [0.5, 0.6) is 0 Å². The number of aromatic nitrogens is 3. The van der Waals surface area contributed by atoms with Crippen LogP contribution < -0.4 is 5.32 Å². The van der Waals surface area contributed by atoms with Gasteiger partial charge in [0.15, 0.2) is 11.0 Å². The molecule has 1 heterocycles. The maximum absolute atomic E-state index is 12.4. The first-order valence-corrected chi connectivity index (χ1v) is 10.0. The zero-order chi connectivity index (χ0) is 21.0. The Hall–Kier alpha value is -2.84. The summed E-state index contributed by atoms with van der Waals surface area (Å²) >= 11 is 7.20. The van der Waals surface area contributed by atoms with E-state index in [0.29, 0.717) is 27.3 Å². The van der Waals surface area contributed by atoms with Gasteiger partial charge in [0.05, 0.1) is 18.4 Å². The summed E-state index contributed by atoms with van der Waals surface area (Å²) in [6.07, 6.45) is 0. The summed E-state index contributed by atoms with van der Waals surface area (Å²) in [6, 6.07) is 12.3. The first kappa shape index (κ1) is 20.9. The molecule has 0 aliphatic rings. The average molecular weight is 431 g/mol. The van der Waals surface area contributed by atoms with Crippen molar-refractivity contribution in [3.63, 3.8) is 0 Å². The molecule has 1 N–H and O–H groups in total. The van der Waals surface area contributed by atoms with E-state index in [1.807, 2.05) is 30.7 Å². The van der Waals surface area contributed by atoms with Crippen molar-refractivity contribution in [1.29, 1.82) is 0 Å². The molecule has 1 amide bonds. The smallest absolute Gasteiger partial charge is 0.337 e. The molecule has 2 aromatic carbocycles. The molecular weight excluding hydrogens is 412 g/mol. The van der Waals surface area contributed by atoms with Crippen molar-refractivity contribution in [3.8, 4) is 11.4 Å². The fourth-order valence-electron chi connectivity index (χ4n) is 2.61. The highest BCUT2D eigenvalue weighted by molar-refractivity contribution is 7.99. The molecule has 0 aliphatic carbocycles. The predicted octanol–water partition coefficient (Wildman–Crippen LogP) is 3.96. The lowest BCUT2D eigenvalue weighted by molar-refractivity contribution is -0.113. The minimum atomic E-state index is -0.455. The van der Waals surface area contributed by atoms with Crippen LogP contribution in [0.3, 0.4) is 0 Å². The quantitative estimate of drug-likeness (QED) is 0.470. The number of ether oxygens (including phenoxy) is 1. The van der Waals surface area contributed by atoms with Crippen LogP contribution in [0.15, 0.2) is 47.6 Å². The van der Waals surface area contributed by atoms with E-state index in [9.17, 15) is 9.59 Å². The van der Waals surface area contributed by atoms with Gasteiger partial charge in [0.25, 0.3) is 0 Å². The Kier molecular flexibility index (Phi) is 6.56. The number of anilines is 1. The van der Waals surface area contributed by atoms with E-state index in [2.05, 4.69) is 15.5 Å². The van der Waals surface area contributed by atoms with E-state index in [1.165, 1.54) is 18.9 Å². The second kappa shape index (κ2) is 9.11. The van der Waals surface area contributed by atoms with Gasteiger partial charge < -0.3 is 14.6 Å². The van der Waals surface area contributed by atoms with Gasteiger partial charge in [-0.25, -0.2) is 4.79 Å². The van der Waals surface area contributed by atoms with Crippen LogP contribution in [-0.2, 0) is 16.6 Å². The monoisotopic (exact) mass is 430 g/mol. The van der Waals surface area contributed by atoms with Crippen molar-refractivity contribution in [2.24, 2.45) is 7.05 Å². The SMILES string of the molecule is COC(=O)c1ccc(C)c(NC(=O)CSc2nnc(-c3ccc(Cl)cc3)n2C)c1. The van der Waals surface area contributed by atoms with Crippen LogP contribution in [0.25, 0.3) is 11.4 Å². The zero-order valence-electron chi connectivity index (χ0n) is 16.1. The van der Waals surface area contributed by atoms with Crippen molar-refractivity contribution >= 4 is 40.9 Å². The summed E-state index contributed by atoms with van der Waals surface area (Å²) in [7, 11) is 3.16. The first-order valence-electron chi connectivity index (χ1n) is 8.66. The molecule has 9 heteroatoms. The van der Waals surface area contributed by atoms with E-state index >= 15 is 0 Å². The molecule has 3 aromatic rings. The molecule has 7 nitrogen and oxygen atoms in total. The lowest BCUT2D eigenvalue weighted by Crippen LogP contribution is -2.16. The number of carbonyl (C=O) groups is 2. The number of aryl methyl sites for hydroxylation is 1. The molecule has 3 rings (SSSR count). The van der Waals surface area contributed by atoms with Gasteiger partial charge in [-0.15, -0.1) is 10.2 Å². The molecule has 0 fully saturated rings. The molecule has 0 aliphatic heterocycles. The number of nitrogens with one attached hydrogen (secondary N) is 1. The van der Waals surface area contributed by atoms with E-state index in [1.54, 1.807) is 30.3 Å². The van der Waals surface area contributed by atoms with Crippen LogP contribution in [0.4, 0.5) is 5.69 Å². The Balaban J connectivity index is 1.66. The van der Waals surface area contributed by atoms with Gasteiger partial charge in [0.1, 0.15) is 0 Å². The van der Waals surface area contributed by atoms with Gasteiger partial charge in [0.2, 0.25) is 5.91 Å². The van der Waals surface area contributed by atoms with Crippen LogP contribution >= 0.6 is 23.4 Å². The van der Waals surface area contributed by atoms with E-state index < -0.39 is 5.97 Å². The molecule has 0 saturated carbocycles. The maximum Gasteiger partial charge on any atom is 0.337 e. The molecule has 29 heavy (non-hydrogen) atoms. The number of rotatable bonds is 6. The molecular formula is C20H19ClN4O3S. The Bertz CT molecular complexity index is 1050. The third-order valence-electron chi connectivity index (χ3n) is 4.20. The average Bonchev–Trinajstić information content (AvgIpc) is 3.08. The number of methoxy groups -OCH3 is 1. The maximum atomic E-state index is 12.4. The fraction of sp³-hybridized carbons (Fsp3) is 0.200. The molecule has 1 aromatic heterocycles. The minimum absolute atomic E-state index is 0.147. The normalized spacial score (nSPS) is 10.6. The van der Waals surface area contributed by atoms with Crippen molar-refractivity contribution in [3.05, 3.63) is 58.6 Å². The largest absolute Gasteiger partial charge is 0.465 e. The van der Waals surface area contributed by atoms with E-state index in [4.69, 9.17) is 16.3 Å². The van der Waals surface area contributed by atoms with Crippen LogP contribution in [0.1, 0.15) is 15.9 Å². The molecule has 150 valence electrons. The Morgan fingerprint density at radius 2 is 1.90 bits per heavy atom. The second-order valence-corrected chi connectivity index (χ2v) is 7.61. The third kappa shape index (κ3) is 4.96. The molecule has 0 spiro atoms. The van der Waals surface area contributed by atoms with Crippen LogP contribution in [0, 0.1) is 6.92 Å². The van der Waals surface area contributed by atoms with E-state index in [-0.39, 0.29) is 11.7 Å². The van der Waals surface area contributed by atoms with Gasteiger partial charge in [-0.2, -0.15) is 0 Å². The summed E-state index contributed by atoms with van der Waals surface area (Å²) in [5.74, 6) is 0.167. The number of benzene rings is 2. The van der Waals surface area contributed by atoms with Gasteiger partial charge in [0, 0.05) is 23.3 Å². The van der Waals surface area contributed by atoms with Crippen LogP contribution in [-0.4, -0.2) is 39.5 Å². The van der Waals surface area contributed by atoms with E-state index in [0.717, 1.165) is 11.1 Å². The van der Waals surface area contributed by atoms with Crippen molar-refractivity contribution < 1.29 is 14.3 Å². The van der Waals surface area contributed by atoms with Crippen molar-refractivity contribution in [2.75, 3.05) is 18.2 Å². The number of halogens is 1. The number of nitrogens with zero attached hydrogens (tertiary/aromatic N) is 3. The Morgan fingerprint density at radius 1 is 1.17 bits per heavy atom. The fourth-order valence-corrected chi connectivity index (χ4v) is 3.45. The topological polar surface area (TPSA) is 86.1 Å². The summed E-state index contributed by atoms with van der Waals surface area (Å²) in [5.41, 5.74) is 2.68. The lowest BCUT2D eigenvalue weighted by atomic mass is 10.1. The number of thioether (sulfide) groups is 1. The van der Waals surface area contributed by atoms with Crippen molar-refractivity contribution in [1.82, 2.24) is 14.8 Å². The molecule has 0 bridgehead atoms. The first-order chi connectivity index (χ1) is 13.9. The second-order valence-electron chi connectivity index (χ2n) is 6.23. The predicted molar refractivity (Wildman–Crippen MR) is 113 cm³/mol. The van der Waals surface area contributed by atoms with Gasteiger partial charge >= 0.3 is 5.97 Å². The molecule has 0 saturated heterocycles. The lowest BCUT2D eigenvalue weighted by Gasteiger charge is -2.10. The number of amides is 1. The summed E-state index contributed by atoms with van der Waals surface area (Å²) in [5, 5.41) is 12.4. The summed E-state index contributed by atoms with van der Waals surface area (Å²) < 4.78 is 6.54. The zero-order valence-corrected chi connectivity index (χ0v) is 17.7. The highest BCUT2D eigenvalue weighted by Crippen LogP contribution is 2.24. The Morgan fingerprint density at radius 3 is 2.59 bits per heavy atom. The number of carbonyl (C=O) groups excluding carboxylic acids is 2. The molecule has 0 atom stereocenters. The number of esters is 1. The molecule has 0 radical (unpaired) electrons. The number of hydrogen-bond acceptors (Lipinski definition) is 6. The van der Waals surface area contributed by atoms with Crippen molar-refractivity contribution in [2.45, 2.75) is 12.1 Å². The van der Waals surface area contributed by atoms with Gasteiger partial charge in [-0.1, -0.05) is 29.4 Å².